The van der Waals surface area contributed by atoms with Crippen LogP contribution in [0.15, 0.2) is 12.1 Å². The highest BCUT2D eigenvalue weighted by atomic mass is 35.5. The maximum Gasteiger partial charge on any atom is 0.330 e. The molecule has 0 aliphatic carbocycles. The lowest BCUT2D eigenvalue weighted by Gasteiger charge is -2.25. The number of halogens is 2. The third-order valence-corrected chi connectivity index (χ3v) is 3.90. The maximum absolute atomic E-state index is 11.3. The summed E-state index contributed by atoms with van der Waals surface area (Å²) in [5.74, 6) is 0. The summed E-state index contributed by atoms with van der Waals surface area (Å²) >= 11 is 12.1. The second kappa shape index (κ2) is 4.96. The Hall–Kier alpha value is -1.22. The van der Waals surface area contributed by atoms with E-state index in [-0.39, 0.29) is 15.7 Å². The summed E-state index contributed by atoms with van der Waals surface area (Å²) < 4.78 is 24.9. The molecule has 1 heterocycles. The standard InChI is InChI=1S/C10H12Cl2N4O3S/c1-10(13-9(17)14-16-10)5-3-8(15-20(2,18)19)7(12)4-6(5)11/h3-4,15-16H,1-2H3,(H2,13,14,17). The molecule has 1 fully saturated rings. The molecule has 0 radical (unpaired) electrons. The van der Waals surface area contributed by atoms with Gasteiger partial charge in [-0.2, -0.15) is 0 Å². The van der Waals surface area contributed by atoms with Crippen molar-refractivity contribution < 1.29 is 13.2 Å². The van der Waals surface area contributed by atoms with Crippen LogP contribution in [0.3, 0.4) is 0 Å². The van der Waals surface area contributed by atoms with Crippen LogP contribution in [0.1, 0.15) is 12.5 Å². The van der Waals surface area contributed by atoms with Gasteiger partial charge in [-0.1, -0.05) is 23.2 Å². The molecule has 20 heavy (non-hydrogen) atoms. The zero-order chi connectivity index (χ0) is 15.1. The minimum Gasteiger partial charge on any atom is -0.314 e. The molecule has 0 bridgehead atoms. The molecule has 1 saturated heterocycles. The third-order valence-electron chi connectivity index (χ3n) is 2.68. The zero-order valence-electron chi connectivity index (χ0n) is 10.5. The highest BCUT2D eigenvalue weighted by molar-refractivity contribution is 7.92. The van der Waals surface area contributed by atoms with Gasteiger partial charge in [0.25, 0.3) is 0 Å². The van der Waals surface area contributed by atoms with E-state index in [4.69, 9.17) is 23.2 Å². The number of rotatable bonds is 3. The van der Waals surface area contributed by atoms with Crippen molar-refractivity contribution >= 4 is 44.9 Å². The Morgan fingerprint density at radius 1 is 1.25 bits per heavy atom. The van der Waals surface area contributed by atoms with Crippen LogP contribution in [0.25, 0.3) is 0 Å². The molecule has 110 valence electrons. The Morgan fingerprint density at radius 2 is 1.90 bits per heavy atom. The Labute approximate surface area is 126 Å². The molecule has 0 aromatic heterocycles. The number of sulfonamides is 1. The first-order chi connectivity index (χ1) is 9.11. The first-order valence-corrected chi connectivity index (χ1v) is 8.08. The van der Waals surface area contributed by atoms with Crippen molar-refractivity contribution in [2.75, 3.05) is 11.0 Å². The molecule has 4 N–H and O–H groups in total. The van der Waals surface area contributed by atoms with Crippen molar-refractivity contribution in [3.05, 3.63) is 27.7 Å². The van der Waals surface area contributed by atoms with Crippen LogP contribution >= 0.6 is 23.2 Å². The van der Waals surface area contributed by atoms with Crippen molar-refractivity contribution in [1.82, 2.24) is 16.2 Å². The van der Waals surface area contributed by atoms with E-state index in [0.29, 0.717) is 5.56 Å². The van der Waals surface area contributed by atoms with Crippen LogP contribution in [0.2, 0.25) is 10.0 Å². The number of hydrogen-bond donors (Lipinski definition) is 4. The van der Waals surface area contributed by atoms with Crippen LogP contribution in [-0.4, -0.2) is 20.7 Å². The van der Waals surface area contributed by atoms with Crippen LogP contribution in [0.5, 0.6) is 0 Å². The number of hydrogen-bond acceptors (Lipinski definition) is 4. The fourth-order valence-electron chi connectivity index (χ4n) is 1.82. The predicted molar refractivity (Wildman–Crippen MR) is 77.1 cm³/mol. The molecule has 1 aliphatic heterocycles. The summed E-state index contributed by atoms with van der Waals surface area (Å²) in [5, 5.41) is 3.07. The lowest BCUT2D eigenvalue weighted by atomic mass is 10.0. The largest absolute Gasteiger partial charge is 0.330 e. The molecule has 1 atom stereocenters. The fraction of sp³-hybridized carbons (Fsp3) is 0.300. The Balaban J connectivity index is 2.49. The molecule has 2 amide bonds. The van der Waals surface area contributed by atoms with Gasteiger partial charge in [0.1, 0.15) is 5.66 Å². The van der Waals surface area contributed by atoms with E-state index in [0.717, 1.165) is 6.26 Å². The van der Waals surface area contributed by atoms with Crippen LogP contribution in [-0.2, 0) is 15.7 Å². The minimum atomic E-state index is -3.48. The van der Waals surface area contributed by atoms with E-state index in [2.05, 4.69) is 20.9 Å². The molecule has 1 unspecified atom stereocenters. The number of carbonyl (C=O) groups excluding carboxylic acids is 1. The normalized spacial score (nSPS) is 22.3. The number of benzene rings is 1. The topological polar surface area (TPSA) is 99.3 Å². The zero-order valence-corrected chi connectivity index (χ0v) is 12.9. The molecule has 10 heteroatoms. The second-order valence-corrected chi connectivity index (χ2v) is 7.08. The number of amides is 2. The van der Waals surface area contributed by atoms with Crippen molar-refractivity contribution in [2.45, 2.75) is 12.6 Å². The molecule has 0 spiro atoms. The van der Waals surface area contributed by atoms with Crippen LogP contribution in [0.4, 0.5) is 10.5 Å². The van der Waals surface area contributed by atoms with Gasteiger partial charge in [0.05, 0.1) is 17.0 Å². The van der Waals surface area contributed by atoms with E-state index < -0.39 is 21.7 Å². The minimum absolute atomic E-state index is 0.157. The van der Waals surface area contributed by atoms with Crippen molar-refractivity contribution in [2.24, 2.45) is 0 Å². The summed E-state index contributed by atoms with van der Waals surface area (Å²) in [4.78, 5) is 11.3. The Kier molecular flexibility index (Phi) is 3.76. The SMILES string of the molecule is CC1(c2cc(NS(C)(=O)=O)c(Cl)cc2Cl)NNC(=O)N1. The number of urea groups is 1. The third kappa shape index (κ3) is 3.09. The lowest BCUT2D eigenvalue weighted by molar-refractivity contribution is 0.245. The average molecular weight is 339 g/mol. The number of carbonyl (C=O) groups is 1. The quantitative estimate of drug-likeness (QED) is 0.668. The number of anilines is 1. The van der Waals surface area contributed by atoms with Gasteiger partial charge in [0.15, 0.2) is 0 Å². The van der Waals surface area contributed by atoms with Crippen LogP contribution < -0.4 is 20.9 Å². The highest BCUT2D eigenvalue weighted by Crippen LogP contribution is 2.35. The first-order valence-electron chi connectivity index (χ1n) is 5.43. The first kappa shape index (κ1) is 15.2. The lowest BCUT2D eigenvalue weighted by Crippen LogP contribution is -2.44. The number of nitrogens with one attached hydrogen (secondary N) is 4. The molecule has 0 saturated carbocycles. The van der Waals surface area contributed by atoms with Gasteiger partial charge >= 0.3 is 6.03 Å². The Morgan fingerprint density at radius 3 is 2.40 bits per heavy atom. The second-order valence-electron chi connectivity index (χ2n) is 4.52. The fourth-order valence-corrected chi connectivity index (χ4v) is 3.06. The summed E-state index contributed by atoms with van der Waals surface area (Å²) in [5.41, 5.74) is 4.79. The van der Waals surface area contributed by atoms with E-state index in [9.17, 15) is 13.2 Å². The maximum atomic E-state index is 11.3. The summed E-state index contributed by atoms with van der Waals surface area (Å²) in [7, 11) is -3.48. The summed E-state index contributed by atoms with van der Waals surface area (Å²) in [6.45, 7) is 1.67. The monoisotopic (exact) mass is 338 g/mol. The van der Waals surface area contributed by atoms with E-state index in [1.54, 1.807) is 6.92 Å². The van der Waals surface area contributed by atoms with Gasteiger partial charge in [-0.3, -0.25) is 10.1 Å². The van der Waals surface area contributed by atoms with Gasteiger partial charge in [-0.05, 0) is 19.1 Å². The molecule has 2 rings (SSSR count). The predicted octanol–water partition coefficient (Wildman–Crippen LogP) is 1.35. The van der Waals surface area contributed by atoms with Gasteiger partial charge in [-0.25, -0.2) is 18.6 Å². The summed E-state index contributed by atoms with van der Waals surface area (Å²) in [6.07, 6.45) is 1.01. The Bertz CT molecular complexity index is 679. The highest BCUT2D eigenvalue weighted by Gasteiger charge is 2.36. The smallest absolute Gasteiger partial charge is 0.314 e. The van der Waals surface area contributed by atoms with E-state index in [1.807, 2.05) is 0 Å². The molecule has 1 aromatic carbocycles. The van der Waals surface area contributed by atoms with E-state index >= 15 is 0 Å². The average Bonchev–Trinajstić information content (AvgIpc) is 2.62. The molecule has 1 aromatic rings. The van der Waals surface area contributed by atoms with Gasteiger partial charge in [0, 0.05) is 10.6 Å². The van der Waals surface area contributed by atoms with Gasteiger partial charge < -0.3 is 5.32 Å². The molecular weight excluding hydrogens is 327 g/mol. The van der Waals surface area contributed by atoms with Crippen molar-refractivity contribution in [3.8, 4) is 0 Å². The molecular formula is C10H12Cl2N4O3S. The van der Waals surface area contributed by atoms with E-state index in [1.165, 1.54) is 12.1 Å². The molecule has 7 nitrogen and oxygen atoms in total. The molecule has 1 aliphatic rings. The van der Waals surface area contributed by atoms with Gasteiger partial charge in [0.2, 0.25) is 10.0 Å². The summed E-state index contributed by atoms with van der Waals surface area (Å²) in [6, 6.07) is 2.45. The van der Waals surface area contributed by atoms with Crippen LogP contribution in [0, 0.1) is 0 Å². The number of hydrazine groups is 1. The van der Waals surface area contributed by atoms with Crippen molar-refractivity contribution in [3.63, 3.8) is 0 Å². The van der Waals surface area contributed by atoms with Crippen molar-refractivity contribution in [1.29, 1.82) is 0 Å². The van der Waals surface area contributed by atoms with Gasteiger partial charge in [-0.15, -0.1) is 0 Å².